The van der Waals surface area contributed by atoms with E-state index in [1.54, 1.807) is 42.6 Å². The molecule has 0 aliphatic rings. The number of nitrogens with zero attached hydrogens (tertiary/aromatic N) is 5. The van der Waals surface area contributed by atoms with Crippen LogP contribution < -0.4 is 5.32 Å². The smallest absolute Gasteiger partial charge is 0.161 e. The summed E-state index contributed by atoms with van der Waals surface area (Å²) < 4.78 is 30.0. The topological polar surface area (TPSA) is 128 Å². The van der Waals surface area contributed by atoms with Crippen LogP contribution in [0.15, 0.2) is 91.5 Å². The molecule has 0 aliphatic heterocycles. The van der Waals surface area contributed by atoms with E-state index in [1.807, 2.05) is 18.2 Å². The first kappa shape index (κ1) is 24.5. The van der Waals surface area contributed by atoms with Gasteiger partial charge in [0.15, 0.2) is 23.5 Å². The lowest BCUT2D eigenvalue weighted by molar-refractivity contribution is 0.208. The highest BCUT2D eigenvalue weighted by Crippen LogP contribution is 2.34. The first-order chi connectivity index (χ1) is 20.0. The molecule has 0 radical (unpaired) electrons. The Hall–Kier alpha value is -5.55. The fourth-order valence-electron chi connectivity index (χ4n) is 4.78. The summed E-state index contributed by atoms with van der Waals surface area (Å²) in [7, 11) is 0. The number of imidazole rings is 1. The Morgan fingerprint density at radius 2 is 1.73 bits per heavy atom. The molecule has 0 aliphatic carbocycles. The summed E-state index contributed by atoms with van der Waals surface area (Å²) in [6, 6.07) is 18.7. The molecule has 7 rings (SSSR count). The number of aromatic amines is 2. The SMILES string of the molecule is OC(Nc1cncc(-c2ncc3[nH]nc(-c4nc5c(-c6cccc(F)c6)ccnc5[nH]4)c3c2F)c1)c1ccccc1. The minimum absolute atomic E-state index is 0.0557. The lowest BCUT2D eigenvalue weighted by Gasteiger charge is -2.15. The summed E-state index contributed by atoms with van der Waals surface area (Å²) in [5.41, 5.74) is 4.50. The van der Waals surface area contributed by atoms with Gasteiger partial charge in [0, 0.05) is 29.1 Å². The maximum atomic E-state index is 16.1. The number of pyridine rings is 3. The Kier molecular flexibility index (Phi) is 5.90. The van der Waals surface area contributed by atoms with E-state index >= 15 is 4.39 Å². The molecule has 2 aromatic carbocycles. The van der Waals surface area contributed by atoms with Crippen molar-refractivity contribution in [3.05, 3.63) is 109 Å². The van der Waals surface area contributed by atoms with Crippen molar-refractivity contribution in [3.8, 4) is 33.9 Å². The van der Waals surface area contributed by atoms with Crippen molar-refractivity contribution in [1.82, 2.24) is 35.1 Å². The molecular formula is C30H20F2N8O. The average molecular weight is 547 g/mol. The van der Waals surface area contributed by atoms with Crippen LogP contribution >= 0.6 is 0 Å². The molecule has 7 aromatic rings. The predicted octanol–water partition coefficient (Wildman–Crippen LogP) is 6.01. The van der Waals surface area contributed by atoms with Crippen molar-refractivity contribution in [1.29, 1.82) is 0 Å². The number of rotatable bonds is 6. The summed E-state index contributed by atoms with van der Waals surface area (Å²) in [4.78, 5) is 20.7. The van der Waals surface area contributed by atoms with Gasteiger partial charge in [-0.3, -0.25) is 15.1 Å². The molecule has 0 spiro atoms. The Balaban J connectivity index is 1.28. The maximum absolute atomic E-state index is 16.1. The number of aliphatic hydroxyl groups excluding tert-OH is 1. The average Bonchev–Trinajstić information content (AvgIpc) is 3.63. The largest absolute Gasteiger partial charge is 0.369 e. The summed E-state index contributed by atoms with van der Waals surface area (Å²) in [6.07, 6.45) is 5.13. The normalized spacial score (nSPS) is 12.2. The third-order valence-electron chi connectivity index (χ3n) is 6.72. The van der Waals surface area contributed by atoms with E-state index in [-0.39, 0.29) is 28.4 Å². The van der Waals surface area contributed by atoms with E-state index in [0.717, 1.165) is 0 Å². The zero-order valence-corrected chi connectivity index (χ0v) is 21.2. The third kappa shape index (κ3) is 4.43. The van der Waals surface area contributed by atoms with Crippen LogP contribution in [-0.2, 0) is 0 Å². The standard InChI is InChI=1S/C30H20F2N8O/c31-19-8-4-7-17(11-19)21-9-10-34-28-26(21)37-29(38-28)27-23-22(39-40-27)15-35-25(24(23)32)18-12-20(14-33-13-18)36-30(41)16-5-2-1-3-6-16/h1-15,30,36,41H,(H,39,40)(H,34,37,38). The Labute approximate surface area is 231 Å². The van der Waals surface area contributed by atoms with Crippen LogP contribution in [0.25, 0.3) is 56.0 Å². The van der Waals surface area contributed by atoms with Crippen molar-refractivity contribution in [2.45, 2.75) is 6.23 Å². The van der Waals surface area contributed by atoms with Gasteiger partial charge in [0.25, 0.3) is 0 Å². The molecule has 0 amide bonds. The van der Waals surface area contributed by atoms with E-state index in [9.17, 15) is 9.50 Å². The van der Waals surface area contributed by atoms with Crippen molar-refractivity contribution in [3.63, 3.8) is 0 Å². The molecule has 9 nitrogen and oxygen atoms in total. The number of halogens is 2. The number of benzene rings is 2. The van der Waals surface area contributed by atoms with Crippen LogP contribution in [-0.4, -0.2) is 40.2 Å². The van der Waals surface area contributed by atoms with Gasteiger partial charge in [-0.1, -0.05) is 42.5 Å². The fourth-order valence-corrected chi connectivity index (χ4v) is 4.78. The molecule has 1 unspecified atom stereocenters. The lowest BCUT2D eigenvalue weighted by atomic mass is 10.1. The number of hydrogen-bond donors (Lipinski definition) is 4. The zero-order chi connectivity index (χ0) is 27.9. The van der Waals surface area contributed by atoms with Crippen LogP contribution in [0.1, 0.15) is 11.8 Å². The second-order valence-corrected chi connectivity index (χ2v) is 9.35. The van der Waals surface area contributed by atoms with Crippen molar-refractivity contribution in [2.75, 3.05) is 5.32 Å². The van der Waals surface area contributed by atoms with Gasteiger partial charge in [0.1, 0.15) is 22.7 Å². The predicted molar refractivity (Wildman–Crippen MR) is 150 cm³/mol. The van der Waals surface area contributed by atoms with Gasteiger partial charge in [-0.25, -0.2) is 18.7 Å². The molecule has 1 atom stereocenters. The van der Waals surface area contributed by atoms with Gasteiger partial charge in [-0.15, -0.1) is 0 Å². The molecule has 0 fully saturated rings. The lowest BCUT2D eigenvalue weighted by Crippen LogP contribution is -2.09. The zero-order valence-electron chi connectivity index (χ0n) is 21.2. The molecule has 0 saturated carbocycles. The summed E-state index contributed by atoms with van der Waals surface area (Å²) in [5.74, 6) is -0.697. The number of aromatic nitrogens is 7. The molecule has 5 heterocycles. The van der Waals surface area contributed by atoms with Crippen LogP contribution in [0.2, 0.25) is 0 Å². The highest BCUT2D eigenvalue weighted by atomic mass is 19.1. The first-order valence-corrected chi connectivity index (χ1v) is 12.6. The van der Waals surface area contributed by atoms with Crippen molar-refractivity contribution >= 4 is 27.8 Å². The van der Waals surface area contributed by atoms with E-state index in [4.69, 9.17) is 0 Å². The first-order valence-electron chi connectivity index (χ1n) is 12.6. The quantitative estimate of drug-likeness (QED) is 0.188. The van der Waals surface area contributed by atoms with Gasteiger partial charge in [-0.05, 0) is 29.8 Å². The van der Waals surface area contributed by atoms with Crippen LogP contribution in [0, 0.1) is 11.6 Å². The second-order valence-electron chi connectivity index (χ2n) is 9.35. The van der Waals surface area contributed by atoms with E-state index in [2.05, 4.69) is 40.4 Å². The molecule has 200 valence electrons. The summed E-state index contributed by atoms with van der Waals surface area (Å²) in [6.45, 7) is 0. The van der Waals surface area contributed by atoms with Crippen LogP contribution in [0.5, 0.6) is 0 Å². The van der Waals surface area contributed by atoms with Gasteiger partial charge in [0.05, 0.1) is 29.0 Å². The molecular weight excluding hydrogens is 526 g/mol. The molecule has 41 heavy (non-hydrogen) atoms. The highest BCUT2D eigenvalue weighted by Gasteiger charge is 2.22. The Morgan fingerprint density at radius 1 is 0.854 bits per heavy atom. The summed E-state index contributed by atoms with van der Waals surface area (Å²) in [5, 5.41) is 20.8. The maximum Gasteiger partial charge on any atom is 0.161 e. The minimum Gasteiger partial charge on any atom is -0.369 e. The molecule has 11 heteroatoms. The number of fused-ring (bicyclic) bond motifs is 2. The molecule has 0 saturated heterocycles. The summed E-state index contributed by atoms with van der Waals surface area (Å²) >= 11 is 0. The molecule has 4 N–H and O–H groups in total. The van der Waals surface area contributed by atoms with Gasteiger partial charge in [0.2, 0.25) is 0 Å². The van der Waals surface area contributed by atoms with E-state index < -0.39 is 12.0 Å². The number of anilines is 1. The van der Waals surface area contributed by atoms with Gasteiger partial charge < -0.3 is 15.4 Å². The number of H-pyrrole nitrogens is 2. The highest BCUT2D eigenvalue weighted by molar-refractivity contribution is 5.97. The van der Waals surface area contributed by atoms with Crippen molar-refractivity contribution < 1.29 is 13.9 Å². The van der Waals surface area contributed by atoms with Crippen LogP contribution in [0.3, 0.4) is 0 Å². The number of aliphatic hydroxyl groups is 1. The fraction of sp³-hybridized carbons (Fsp3) is 0.0333. The number of nitrogens with one attached hydrogen (secondary N) is 3. The van der Waals surface area contributed by atoms with Gasteiger partial charge in [-0.2, -0.15) is 5.10 Å². The monoisotopic (exact) mass is 546 g/mol. The van der Waals surface area contributed by atoms with Crippen LogP contribution in [0.4, 0.5) is 14.5 Å². The Bertz CT molecular complexity index is 2040. The van der Waals surface area contributed by atoms with Gasteiger partial charge >= 0.3 is 0 Å². The Morgan fingerprint density at radius 3 is 2.59 bits per heavy atom. The van der Waals surface area contributed by atoms with Crippen molar-refractivity contribution in [2.24, 2.45) is 0 Å². The van der Waals surface area contributed by atoms with E-state index in [0.29, 0.717) is 44.6 Å². The minimum atomic E-state index is -0.979. The third-order valence-corrected chi connectivity index (χ3v) is 6.72. The molecule has 5 aromatic heterocycles. The molecule has 0 bridgehead atoms. The van der Waals surface area contributed by atoms with E-state index in [1.165, 1.54) is 30.7 Å². The number of hydrogen-bond acceptors (Lipinski definition) is 7. The second kappa shape index (κ2) is 9.88.